The molecule has 1 aliphatic heterocycles. The molecule has 0 N–H and O–H groups in total. The highest BCUT2D eigenvalue weighted by molar-refractivity contribution is 6.30. The van der Waals surface area contributed by atoms with Gasteiger partial charge in [-0.25, -0.2) is 9.97 Å². The summed E-state index contributed by atoms with van der Waals surface area (Å²) in [5.74, 6) is 1.65. The minimum atomic E-state index is 0.587. The van der Waals surface area contributed by atoms with E-state index >= 15 is 0 Å². The third kappa shape index (κ3) is 5.28. The van der Waals surface area contributed by atoms with Crippen molar-refractivity contribution in [3.63, 3.8) is 0 Å². The Hall–Kier alpha value is -1.49. The van der Waals surface area contributed by atoms with Gasteiger partial charge in [0.15, 0.2) is 0 Å². The molecule has 2 heterocycles. The summed E-state index contributed by atoms with van der Waals surface area (Å²) in [6.45, 7) is 6.35. The number of aromatic nitrogens is 2. The topological polar surface area (TPSA) is 32.3 Å². The van der Waals surface area contributed by atoms with Gasteiger partial charge in [0.2, 0.25) is 0 Å². The van der Waals surface area contributed by atoms with Crippen molar-refractivity contribution < 1.29 is 0 Å². The Balaban J connectivity index is 1.24. The summed E-state index contributed by atoms with van der Waals surface area (Å²) >= 11 is 5.97. The molecule has 5 heteroatoms. The number of halogens is 1. The molecule has 1 saturated heterocycles. The zero-order valence-electron chi connectivity index (χ0n) is 16.0. The predicted octanol–water partition coefficient (Wildman–Crippen LogP) is 4.50. The van der Waals surface area contributed by atoms with E-state index in [9.17, 15) is 0 Å². The Morgan fingerprint density at radius 1 is 0.778 bits per heavy atom. The number of piperazine rings is 1. The molecule has 2 aliphatic rings. The molecule has 0 amide bonds. The average Bonchev–Trinajstić information content (AvgIpc) is 2.72. The van der Waals surface area contributed by atoms with Crippen LogP contribution in [0.15, 0.2) is 36.7 Å². The van der Waals surface area contributed by atoms with E-state index < -0.39 is 0 Å². The largest absolute Gasteiger partial charge is 0.297 e. The van der Waals surface area contributed by atoms with Gasteiger partial charge in [0, 0.05) is 68.2 Å². The van der Waals surface area contributed by atoms with Gasteiger partial charge in [-0.2, -0.15) is 0 Å². The Morgan fingerprint density at radius 2 is 1.33 bits per heavy atom. The first-order valence-corrected chi connectivity index (χ1v) is 10.6. The van der Waals surface area contributed by atoms with Crippen LogP contribution in [0.1, 0.15) is 55.0 Å². The molecule has 4 nitrogen and oxygen atoms in total. The first-order chi connectivity index (χ1) is 13.3. The molecular formula is C22H29ClN4. The van der Waals surface area contributed by atoms with E-state index in [2.05, 4.69) is 44.3 Å². The molecule has 0 bridgehead atoms. The SMILES string of the molecule is Clc1ccc(CN2CCN(Cc3cnc(C4CCCCC4)nc3)CC2)cc1. The molecule has 0 radical (unpaired) electrons. The molecule has 1 saturated carbocycles. The summed E-state index contributed by atoms with van der Waals surface area (Å²) in [5.41, 5.74) is 2.57. The maximum Gasteiger partial charge on any atom is 0.131 e. The van der Waals surface area contributed by atoms with Crippen LogP contribution >= 0.6 is 11.6 Å². The normalized spacial score (nSPS) is 20.0. The van der Waals surface area contributed by atoms with Crippen molar-refractivity contribution >= 4 is 11.6 Å². The van der Waals surface area contributed by atoms with E-state index in [1.54, 1.807) is 0 Å². The van der Waals surface area contributed by atoms with Crippen molar-refractivity contribution in [1.82, 2.24) is 19.8 Å². The fourth-order valence-electron chi connectivity index (χ4n) is 4.23. The van der Waals surface area contributed by atoms with E-state index in [-0.39, 0.29) is 0 Å². The number of hydrogen-bond donors (Lipinski definition) is 0. The fourth-order valence-corrected chi connectivity index (χ4v) is 4.36. The summed E-state index contributed by atoms with van der Waals surface area (Å²) in [4.78, 5) is 14.4. The molecule has 2 aromatic rings. The Morgan fingerprint density at radius 3 is 1.93 bits per heavy atom. The Labute approximate surface area is 167 Å². The van der Waals surface area contributed by atoms with Crippen molar-refractivity contribution in [2.24, 2.45) is 0 Å². The van der Waals surface area contributed by atoms with Gasteiger partial charge in [0.05, 0.1) is 0 Å². The van der Waals surface area contributed by atoms with Crippen LogP contribution < -0.4 is 0 Å². The fraction of sp³-hybridized carbons (Fsp3) is 0.545. The van der Waals surface area contributed by atoms with Crippen LogP contribution in [0, 0.1) is 0 Å². The number of nitrogens with zero attached hydrogens (tertiary/aromatic N) is 4. The minimum Gasteiger partial charge on any atom is -0.297 e. The van der Waals surface area contributed by atoms with Gasteiger partial charge in [0.1, 0.15) is 5.82 Å². The second-order valence-corrected chi connectivity index (χ2v) is 8.40. The van der Waals surface area contributed by atoms with Crippen molar-refractivity contribution in [2.45, 2.75) is 51.1 Å². The van der Waals surface area contributed by atoms with E-state index in [4.69, 9.17) is 11.6 Å². The van der Waals surface area contributed by atoms with Crippen LogP contribution in [0.2, 0.25) is 5.02 Å². The summed E-state index contributed by atoms with van der Waals surface area (Å²) in [7, 11) is 0. The van der Waals surface area contributed by atoms with Crippen LogP contribution in [-0.2, 0) is 13.1 Å². The van der Waals surface area contributed by atoms with Gasteiger partial charge >= 0.3 is 0 Å². The van der Waals surface area contributed by atoms with Gasteiger partial charge in [0.25, 0.3) is 0 Å². The molecule has 2 fully saturated rings. The summed E-state index contributed by atoms with van der Waals surface area (Å²) in [6, 6.07) is 8.20. The second-order valence-electron chi connectivity index (χ2n) is 7.96. The van der Waals surface area contributed by atoms with Crippen LogP contribution in [-0.4, -0.2) is 45.9 Å². The molecule has 1 aliphatic carbocycles. The Kier molecular flexibility index (Phi) is 6.38. The van der Waals surface area contributed by atoms with Crippen molar-refractivity contribution in [3.8, 4) is 0 Å². The van der Waals surface area contributed by atoms with Crippen LogP contribution in [0.25, 0.3) is 0 Å². The van der Waals surface area contributed by atoms with E-state index in [0.29, 0.717) is 5.92 Å². The molecular weight excluding hydrogens is 356 g/mol. The maximum atomic E-state index is 5.97. The highest BCUT2D eigenvalue weighted by atomic mass is 35.5. The predicted molar refractivity (Wildman–Crippen MR) is 110 cm³/mol. The minimum absolute atomic E-state index is 0.587. The first-order valence-electron chi connectivity index (χ1n) is 10.3. The molecule has 27 heavy (non-hydrogen) atoms. The van der Waals surface area contributed by atoms with E-state index in [1.165, 1.54) is 43.2 Å². The lowest BCUT2D eigenvalue weighted by atomic mass is 9.89. The lowest BCUT2D eigenvalue weighted by molar-refractivity contribution is 0.122. The maximum absolute atomic E-state index is 5.97. The lowest BCUT2D eigenvalue weighted by Crippen LogP contribution is -2.45. The summed E-state index contributed by atoms with van der Waals surface area (Å²) < 4.78 is 0. The van der Waals surface area contributed by atoms with Gasteiger partial charge in [-0.15, -0.1) is 0 Å². The standard InChI is InChI=1S/C22H29ClN4/c23-21-8-6-18(7-9-21)16-26-10-12-27(13-11-26)17-19-14-24-22(25-15-19)20-4-2-1-3-5-20/h6-9,14-15,20H,1-5,10-13,16-17H2. The monoisotopic (exact) mass is 384 g/mol. The number of rotatable bonds is 5. The molecule has 1 aromatic heterocycles. The first kappa shape index (κ1) is 18.9. The van der Waals surface area contributed by atoms with Crippen molar-refractivity contribution in [1.29, 1.82) is 0 Å². The molecule has 0 atom stereocenters. The Bertz CT molecular complexity index is 702. The highest BCUT2D eigenvalue weighted by Crippen LogP contribution is 2.30. The zero-order valence-corrected chi connectivity index (χ0v) is 16.7. The smallest absolute Gasteiger partial charge is 0.131 e. The van der Waals surface area contributed by atoms with Crippen molar-refractivity contribution in [3.05, 3.63) is 58.6 Å². The molecule has 144 valence electrons. The van der Waals surface area contributed by atoms with Crippen LogP contribution in [0.5, 0.6) is 0 Å². The van der Waals surface area contributed by atoms with Gasteiger partial charge in [-0.3, -0.25) is 9.80 Å². The van der Waals surface area contributed by atoms with E-state index in [1.807, 2.05) is 12.1 Å². The molecule has 0 spiro atoms. The summed E-state index contributed by atoms with van der Waals surface area (Å²) in [5, 5.41) is 0.806. The highest BCUT2D eigenvalue weighted by Gasteiger charge is 2.19. The second kappa shape index (κ2) is 9.13. The van der Waals surface area contributed by atoms with Crippen molar-refractivity contribution in [2.75, 3.05) is 26.2 Å². The number of benzene rings is 1. The van der Waals surface area contributed by atoms with E-state index in [0.717, 1.165) is 50.1 Å². The summed E-state index contributed by atoms with van der Waals surface area (Å²) in [6.07, 6.45) is 10.7. The quantitative estimate of drug-likeness (QED) is 0.759. The molecule has 0 unspecified atom stereocenters. The van der Waals surface area contributed by atoms with Gasteiger partial charge in [-0.1, -0.05) is 43.0 Å². The van der Waals surface area contributed by atoms with Crippen LogP contribution in [0.4, 0.5) is 0 Å². The third-order valence-corrected chi connectivity index (χ3v) is 6.14. The lowest BCUT2D eigenvalue weighted by Gasteiger charge is -2.34. The third-order valence-electron chi connectivity index (χ3n) is 5.89. The zero-order chi connectivity index (χ0) is 18.5. The molecule has 1 aromatic carbocycles. The van der Waals surface area contributed by atoms with Gasteiger partial charge in [-0.05, 0) is 30.5 Å². The number of hydrogen-bond acceptors (Lipinski definition) is 4. The van der Waals surface area contributed by atoms with Crippen LogP contribution in [0.3, 0.4) is 0 Å². The molecule has 4 rings (SSSR count). The average molecular weight is 385 g/mol. The van der Waals surface area contributed by atoms with Gasteiger partial charge < -0.3 is 0 Å².